The molecule has 2 heterocycles. The fraction of sp³-hybridized carbons (Fsp3) is 0.308. The van der Waals surface area contributed by atoms with E-state index in [1.54, 1.807) is 24.5 Å². The van der Waals surface area contributed by atoms with Crippen LogP contribution in [0.1, 0.15) is 29.0 Å². The van der Waals surface area contributed by atoms with Gasteiger partial charge in [-0.15, -0.1) is 0 Å². The normalized spacial score (nSPS) is 10.6. The molecule has 0 unspecified atom stereocenters. The van der Waals surface area contributed by atoms with Gasteiger partial charge in [0.25, 0.3) is 5.91 Å². The van der Waals surface area contributed by atoms with Crippen LogP contribution in [0.4, 0.5) is 0 Å². The smallest absolute Gasteiger partial charge is 0.254 e. The average Bonchev–Trinajstić information content (AvgIpc) is 2.84. The third kappa shape index (κ3) is 2.97. The van der Waals surface area contributed by atoms with E-state index in [0.29, 0.717) is 35.5 Å². The minimum Gasteiger partial charge on any atom is -0.365 e. The highest BCUT2D eigenvalue weighted by molar-refractivity contribution is 5.99. The lowest BCUT2D eigenvalue weighted by Gasteiger charge is -2.00. The molecule has 0 radical (unpaired) electrons. The maximum absolute atomic E-state index is 11.6. The molecule has 0 aliphatic rings. The largest absolute Gasteiger partial charge is 0.365 e. The zero-order valence-corrected chi connectivity index (χ0v) is 10.5. The lowest BCUT2D eigenvalue weighted by molar-refractivity contribution is 0.0999. The number of carbonyl (C=O) groups excluding carboxylic acids is 1. The van der Waals surface area contributed by atoms with Crippen molar-refractivity contribution in [3.63, 3.8) is 0 Å². The molecule has 0 aliphatic heterocycles. The zero-order chi connectivity index (χ0) is 13.7. The highest BCUT2D eigenvalue weighted by atomic mass is 16.5. The third-order valence-electron chi connectivity index (χ3n) is 2.80. The van der Waals surface area contributed by atoms with Crippen LogP contribution in [0.2, 0.25) is 0 Å². The molecule has 1 amide bonds. The van der Waals surface area contributed by atoms with E-state index in [1.807, 2.05) is 0 Å². The molecule has 19 heavy (non-hydrogen) atoms. The Morgan fingerprint density at radius 2 is 2.21 bits per heavy atom. The minimum atomic E-state index is -0.539. The molecule has 0 spiro atoms. The Labute approximate surface area is 110 Å². The molecule has 0 saturated heterocycles. The molecule has 6 nitrogen and oxygen atoms in total. The lowest BCUT2D eigenvalue weighted by Crippen LogP contribution is -2.13. The SMILES string of the molecule is NCCCCc1onc(-c2cccnc2)c1C(N)=O. The Kier molecular flexibility index (Phi) is 4.25. The van der Waals surface area contributed by atoms with Crippen molar-refractivity contribution in [3.05, 3.63) is 35.9 Å². The van der Waals surface area contributed by atoms with Gasteiger partial charge in [0, 0.05) is 24.4 Å². The monoisotopic (exact) mass is 260 g/mol. The summed E-state index contributed by atoms with van der Waals surface area (Å²) < 4.78 is 5.24. The van der Waals surface area contributed by atoms with Crippen molar-refractivity contribution >= 4 is 5.91 Å². The number of hydrogen-bond acceptors (Lipinski definition) is 5. The summed E-state index contributed by atoms with van der Waals surface area (Å²) in [4.78, 5) is 15.6. The first-order chi connectivity index (χ1) is 9.24. The quantitative estimate of drug-likeness (QED) is 0.756. The van der Waals surface area contributed by atoms with Crippen molar-refractivity contribution in [2.75, 3.05) is 6.54 Å². The van der Waals surface area contributed by atoms with Gasteiger partial charge in [0.15, 0.2) is 0 Å². The van der Waals surface area contributed by atoms with Crippen molar-refractivity contribution in [3.8, 4) is 11.3 Å². The number of nitrogens with zero attached hydrogens (tertiary/aromatic N) is 2. The van der Waals surface area contributed by atoms with Crippen LogP contribution in [-0.2, 0) is 6.42 Å². The number of amides is 1. The molecule has 2 aromatic heterocycles. The summed E-state index contributed by atoms with van der Waals surface area (Å²) in [5.41, 5.74) is 12.4. The molecule has 0 aliphatic carbocycles. The predicted molar refractivity (Wildman–Crippen MR) is 70.2 cm³/mol. The number of aromatic nitrogens is 2. The van der Waals surface area contributed by atoms with Crippen LogP contribution in [-0.4, -0.2) is 22.6 Å². The first-order valence-electron chi connectivity index (χ1n) is 6.13. The van der Waals surface area contributed by atoms with Gasteiger partial charge in [-0.25, -0.2) is 0 Å². The van der Waals surface area contributed by atoms with E-state index >= 15 is 0 Å². The highest BCUT2D eigenvalue weighted by Gasteiger charge is 2.21. The number of primary amides is 1. The third-order valence-corrected chi connectivity index (χ3v) is 2.80. The van der Waals surface area contributed by atoms with Gasteiger partial charge in [-0.1, -0.05) is 5.16 Å². The first kappa shape index (κ1) is 13.2. The van der Waals surface area contributed by atoms with E-state index < -0.39 is 5.91 Å². The topological polar surface area (TPSA) is 108 Å². The van der Waals surface area contributed by atoms with Crippen LogP contribution in [0.3, 0.4) is 0 Å². The second-order valence-electron chi connectivity index (χ2n) is 4.18. The molecule has 0 saturated carbocycles. The number of rotatable bonds is 6. The molecule has 0 aromatic carbocycles. The average molecular weight is 260 g/mol. The van der Waals surface area contributed by atoms with E-state index in [2.05, 4.69) is 10.1 Å². The number of hydrogen-bond donors (Lipinski definition) is 2. The predicted octanol–water partition coefficient (Wildman–Crippen LogP) is 1.12. The van der Waals surface area contributed by atoms with Crippen LogP contribution < -0.4 is 11.5 Å². The molecule has 0 fully saturated rings. The summed E-state index contributed by atoms with van der Waals surface area (Å²) >= 11 is 0. The summed E-state index contributed by atoms with van der Waals surface area (Å²) in [6, 6.07) is 3.57. The van der Waals surface area contributed by atoms with E-state index in [9.17, 15) is 4.79 Å². The van der Waals surface area contributed by atoms with Crippen molar-refractivity contribution in [2.24, 2.45) is 11.5 Å². The highest BCUT2D eigenvalue weighted by Crippen LogP contribution is 2.25. The van der Waals surface area contributed by atoms with Gasteiger partial charge in [-0.05, 0) is 31.5 Å². The number of pyridine rings is 1. The number of carbonyl (C=O) groups is 1. The van der Waals surface area contributed by atoms with Crippen LogP contribution in [0, 0.1) is 0 Å². The van der Waals surface area contributed by atoms with Crippen LogP contribution in [0.25, 0.3) is 11.3 Å². The maximum Gasteiger partial charge on any atom is 0.254 e. The summed E-state index contributed by atoms with van der Waals surface area (Å²) in [6.07, 6.45) is 5.56. The van der Waals surface area contributed by atoms with Gasteiger partial charge in [0.2, 0.25) is 0 Å². The number of nitrogens with two attached hydrogens (primary N) is 2. The van der Waals surface area contributed by atoms with Crippen LogP contribution in [0.5, 0.6) is 0 Å². The van der Waals surface area contributed by atoms with Crippen molar-refractivity contribution in [1.29, 1.82) is 0 Å². The lowest BCUT2D eigenvalue weighted by atomic mass is 10.0. The van der Waals surface area contributed by atoms with E-state index in [-0.39, 0.29) is 0 Å². The van der Waals surface area contributed by atoms with E-state index in [1.165, 1.54) is 0 Å². The number of unbranched alkanes of at least 4 members (excludes halogenated alkanes) is 1. The van der Waals surface area contributed by atoms with Gasteiger partial charge in [-0.2, -0.15) is 0 Å². The standard InChI is InChI=1S/C13H16N4O2/c14-6-2-1-5-10-11(13(15)18)12(17-19-10)9-4-3-7-16-8-9/h3-4,7-8H,1-2,5-6,14H2,(H2,15,18). The van der Waals surface area contributed by atoms with E-state index in [0.717, 1.165) is 12.8 Å². The molecule has 100 valence electrons. The van der Waals surface area contributed by atoms with Gasteiger partial charge < -0.3 is 16.0 Å². The van der Waals surface area contributed by atoms with Crippen LogP contribution >= 0.6 is 0 Å². The molecule has 4 N–H and O–H groups in total. The molecular weight excluding hydrogens is 244 g/mol. The summed E-state index contributed by atoms with van der Waals surface area (Å²) in [6.45, 7) is 0.607. The van der Waals surface area contributed by atoms with Gasteiger partial charge >= 0.3 is 0 Å². The Hall–Kier alpha value is -2.21. The molecule has 2 aromatic rings. The van der Waals surface area contributed by atoms with Crippen LogP contribution in [0.15, 0.2) is 29.0 Å². The Morgan fingerprint density at radius 1 is 1.37 bits per heavy atom. The fourth-order valence-electron chi connectivity index (χ4n) is 1.88. The number of aryl methyl sites for hydroxylation is 1. The zero-order valence-electron chi connectivity index (χ0n) is 10.5. The summed E-state index contributed by atoms with van der Waals surface area (Å²) in [5, 5.41) is 3.94. The second-order valence-corrected chi connectivity index (χ2v) is 4.18. The molecule has 2 rings (SSSR count). The summed E-state index contributed by atoms with van der Waals surface area (Å²) in [7, 11) is 0. The molecule has 0 atom stereocenters. The van der Waals surface area contributed by atoms with Crippen molar-refractivity contribution in [2.45, 2.75) is 19.3 Å². The van der Waals surface area contributed by atoms with Crippen molar-refractivity contribution in [1.82, 2.24) is 10.1 Å². The van der Waals surface area contributed by atoms with Crippen molar-refractivity contribution < 1.29 is 9.32 Å². The fourth-order valence-corrected chi connectivity index (χ4v) is 1.88. The van der Waals surface area contributed by atoms with E-state index in [4.69, 9.17) is 16.0 Å². The molecule has 6 heteroatoms. The second kappa shape index (κ2) is 6.10. The molecule has 0 bridgehead atoms. The molecular formula is C13H16N4O2. The Bertz CT molecular complexity index is 551. The Morgan fingerprint density at radius 3 is 2.84 bits per heavy atom. The summed E-state index contributed by atoms with van der Waals surface area (Å²) in [5.74, 6) is -0.0253. The minimum absolute atomic E-state index is 0.338. The maximum atomic E-state index is 11.6. The van der Waals surface area contributed by atoms with Gasteiger partial charge in [0.1, 0.15) is 17.0 Å². The Balaban J connectivity index is 2.32. The van der Waals surface area contributed by atoms with Gasteiger partial charge in [-0.3, -0.25) is 9.78 Å². The van der Waals surface area contributed by atoms with Gasteiger partial charge in [0.05, 0.1) is 0 Å². The first-order valence-corrected chi connectivity index (χ1v) is 6.13.